The first-order valence-corrected chi connectivity index (χ1v) is 8.69. The van der Waals surface area contributed by atoms with E-state index in [2.05, 4.69) is 10.0 Å². The number of benzene rings is 1. The molecule has 0 saturated heterocycles. The molecule has 124 valence electrons. The summed E-state index contributed by atoms with van der Waals surface area (Å²) in [7, 11) is -3.52. The highest BCUT2D eigenvalue weighted by Crippen LogP contribution is 2.17. The Balaban J connectivity index is 2.75. The van der Waals surface area contributed by atoms with Crippen LogP contribution in [0.25, 0.3) is 0 Å². The second kappa shape index (κ2) is 7.60. The highest BCUT2D eigenvalue weighted by molar-refractivity contribution is 7.89. The normalized spacial score (nSPS) is 13.2. The first-order valence-electron chi connectivity index (χ1n) is 7.21. The number of sulfonamides is 1. The van der Waals surface area contributed by atoms with Gasteiger partial charge < -0.3 is 10.1 Å². The highest BCUT2D eigenvalue weighted by atomic mass is 32.2. The minimum absolute atomic E-state index is 0.0353. The number of nitrogens with one attached hydrogen (secondary N) is 2. The van der Waals surface area contributed by atoms with Gasteiger partial charge in [-0.25, -0.2) is 13.1 Å². The van der Waals surface area contributed by atoms with Gasteiger partial charge in [0.2, 0.25) is 10.0 Å². The second-order valence-corrected chi connectivity index (χ2v) is 7.38. The Morgan fingerprint density at radius 3 is 2.00 bits per heavy atom. The van der Waals surface area contributed by atoms with E-state index in [1.54, 1.807) is 20.8 Å². The number of hydrogen-bond donors (Lipinski definition) is 2. The van der Waals surface area contributed by atoms with Crippen molar-refractivity contribution in [2.24, 2.45) is 0 Å². The minimum atomic E-state index is -3.52. The number of ether oxygens (including phenoxy) is 1. The van der Waals surface area contributed by atoms with Gasteiger partial charge in [-0.2, -0.15) is 0 Å². The fraction of sp³-hybridized carbons (Fsp3) is 0.533. The Morgan fingerprint density at radius 2 is 1.55 bits per heavy atom. The van der Waals surface area contributed by atoms with Crippen molar-refractivity contribution < 1.29 is 17.9 Å². The Kier molecular flexibility index (Phi) is 6.37. The van der Waals surface area contributed by atoms with Crippen LogP contribution in [-0.2, 0) is 14.8 Å². The summed E-state index contributed by atoms with van der Waals surface area (Å²) in [6.07, 6.45) is -0.654. The summed E-state index contributed by atoms with van der Waals surface area (Å²) in [6.45, 7) is 8.88. The molecule has 0 radical (unpaired) electrons. The smallest absolute Gasteiger partial charge is 0.260 e. The summed E-state index contributed by atoms with van der Waals surface area (Å²) < 4.78 is 32.0. The van der Waals surface area contributed by atoms with Gasteiger partial charge >= 0.3 is 0 Å². The van der Waals surface area contributed by atoms with Crippen LogP contribution < -0.4 is 14.8 Å². The van der Waals surface area contributed by atoms with Crippen LogP contribution in [0.5, 0.6) is 5.75 Å². The van der Waals surface area contributed by atoms with Crippen molar-refractivity contribution in [1.82, 2.24) is 10.0 Å². The summed E-state index contributed by atoms with van der Waals surface area (Å²) in [4.78, 5) is 11.9. The van der Waals surface area contributed by atoms with Crippen LogP contribution >= 0.6 is 0 Å². The lowest BCUT2D eigenvalue weighted by Gasteiger charge is -2.16. The molecule has 1 aromatic carbocycles. The minimum Gasteiger partial charge on any atom is -0.481 e. The maximum atomic E-state index is 12.0. The van der Waals surface area contributed by atoms with Crippen LogP contribution in [-0.4, -0.2) is 32.5 Å². The Hall–Kier alpha value is -1.60. The molecule has 22 heavy (non-hydrogen) atoms. The molecule has 0 aliphatic heterocycles. The van der Waals surface area contributed by atoms with E-state index in [1.807, 2.05) is 13.8 Å². The Bertz CT molecular complexity index is 594. The van der Waals surface area contributed by atoms with E-state index >= 15 is 0 Å². The molecule has 0 heterocycles. The third-order valence-corrected chi connectivity index (χ3v) is 4.31. The van der Waals surface area contributed by atoms with Crippen molar-refractivity contribution in [3.8, 4) is 5.75 Å². The van der Waals surface area contributed by atoms with E-state index in [-0.39, 0.29) is 22.9 Å². The monoisotopic (exact) mass is 328 g/mol. The largest absolute Gasteiger partial charge is 0.481 e. The molecule has 2 N–H and O–H groups in total. The number of amides is 1. The molecule has 0 aromatic heterocycles. The van der Waals surface area contributed by atoms with Gasteiger partial charge in [0.25, 0.3) is 5.91 Å². The van der Waals surface area contributed by atoms with Crippen LogP contribution in [0.15, 0.2) is 29.2 Å². The zero-order valence-corrected chi connectivity index (χ0v) is 14.4. The fourth-order valence-electron chi connectivity index (χ4n) is 1.74. The maximum absolute atomic E-state index is 12.0. The first kappa shape index (κ1) is 18.4. The third-order valence-electron chi connectivity index (χ3n) is 2.64. The molecule has 0 aliphatic rings. The van der Waals surface area contributed by atoms with E-state index in [0.717, 1.165) is 0 Å². The van der Waals surface area contributed by atoms with Gasteiger partial charge in [-0.1, -0.05) is 0 Å². The number of carbonyl (C=O) groups excluding carboxylic acids is 1. The number of rotatable bonds is 7. The van der Waals surface area contributed by atoms with Gasteiger partial charge in [-0.3, -0.25) is 4.79 Å². The molecule has 0 saturated carbocycles. The molecule has 0 fully saturated rings. The molecule has 0 bridgehead atoms. The van der Waals surface area contributed by atoms with Crippen LogP contribution in [0, 0.1) is 0 Å². The van der Waals surface area contributed by atoms with Crippen molar-refractivity contribution in [2.75, 3.05) is 0 Å². The Labute approximate surface area is 132 Å². The van der Waals surface area contributed by atoms with Gasteiger partial charge in [0.15, 0.2) is 6.10 Å². The van der Waals surface area contributed by atoms with Crippen LogP contribution in [0.1, 0.15) is 34.6 Å². The molecule has 0 aliphatic carbocycles. The number of carbonyl (C=O) groups is 1. The predicted molar refractivity (Wildman–Crippen MR) is 85.3 cm³/mol. The zero-order valence-electron chi connectivity index (χ0n) is 13.6. The molecule has 1 rings (SSSR count). The summed E-state index contributed by atoms with van der Waals surface area (Å²) in [5, 5.41) is 2.75. The molecule has 1 aromatic rings. The first-order chi connectivity index (χ1) is 10.1. The van der Waals surface area contributed by atoms with Crippen molar-refractivity contribution >= 4 is 15.9 Å². The zero-order chi connectivity index (χ0) is 16.9. The SMILES string of the molecule is CC(C)NC(=O)[C@@H](C)Oc1ccc(S(=O)(=O)NC(C)C)cc1. The standard InChI is InChI=1S/C15H24N2O4S/c1-10(2)16-15(18)12(5)21-13-6-8-14(9-7-13)22(19,20)17-11(3)4/h6-12,17H,1-5H3,(H,16,18)/t12-/m1/s1. The maximum Gasteiger partial charge on any atom is 0.260 e. The van der Waals surface area contributed by atoms with Gasteiger partial charge in [0.1, 0.15) is 5.75 Å². The third kappa shape index (κ3) is 5.65. The fourth-order valence-corrected chi connectivity index (χ4v) is 2.99. The quantitative estimate of drug-likeness (QED) is 0.797. The predicted octanol–water partition coefficient (Wildman–Crippen LogP) is 1.67. The molecular weight excluding hydrogens is 304 g/mol. The topological polar surface area (TPSA) is 84.5 Å². The molecule has 0 unspecified atom stereocenters. The summed E-state index contributed by atoms with van der Waals surface area (Å²) in [6, 6.07) is 5.83. The van der Waals surface area contributed by atoms with Crippen LogP contribution in [0.2, 0.25) is 0 Å². The lowest BCUT2D eigenvalue weighted by atomic mass is 10.3. The van der Waals surface area contributed by atoms with E-state index < -0.39 is 16.1 Å². The van der Waals surface area contributed by atoms with Gasteiger partial charge in [0.05, 0.1) is 4.90 Å². The average Bonchev–Trinajstić information content (AvgIpc) is 2.36. The van der Waals surface area contributed by atoms with Gasteiger partial charge in [0, 0.05) is 12.1 Å². The highest BCUT2D eigenvalue weighted by Gasteiger charge is 2.17. The molecule has 1 atom stereocenters. The average molecular weight is 328 g/mol. The van der Waals surface area contributed by atoms with Crippen molar-refractivity contribution in [1.29, 1.82) is 0 Å². The van der Waals surface area contributed by atoms with Crippen molar-refractivity contribution in [3.05, 3.63) is 24.3 Å². The Morgan fingerprint density at radius 1 is 1.00 bits per heavy atom. The van der Waals surface area contributed by atoms with Gasteiger partial charge in [-0.15, -0.1) is 0 Å². The summed E-state index contributed by atoms with van der Waals surface area (Å²) in [5.41, 5.74) is 0. The lowest BCUT2D eigenvalue weighted by Crippen LogP contribution is -2.40. The van der Waals surface area contributed by atoms with E-state index in [4.69, 9.17) is 4.74 Å². The molecule has 7 heteroatoms. The van der Waals surface area contributed by atoms with Gasteiger partial charge in [-0.05, 0) is 58.9 Å². The second-order valence-electron chi connectivity index (χ2n) is 5.67. The number of hydrogen-bond acceptors (Lipinski definition) is 4. The van der Waals surface area contributed by atoms with E-state index in [0.29, 0.717) is 5.75 Å². The van der Waals surface area contributed by atoms with Crippen LogP contribution in [0.3, 0.4) is 0 Å². The summed E-state index contributed by atoms with van der Waals surface area (Å²) >= 11 is 0. The molecule has 0 spiro atoms. The molecule has 6 nitrogen and oxygen atoms in total. The van der Waals surface area contributed by atoms with Crippen molar-refractivity contribution in [3.63, 3.8) is 0 Å². The van der Waals surface area contributed by atoms with E-state index in [9.17, 15) is 13.2 Å². The molecular formula is C15H24N2O4S. The van der Waals surface area contributed by atoms with Crippen molar-refractivity contribution in [2.45, 2.75) is 57.7 Å². The van der Waals surface area contributed by atoms with E-state index in [1.165, 1.54) is 24.3 Å². The lowest BCUT2D eigenvalue weighted by molar-refractivity contribution is -0.127. The van der Waals surface area contributed by atoms with Crippen LogP contribution in [0.4, 0.5) is 0 Å². The summed E-state index contributed by atoms with van der Waals surface area (Å²) in [5.74, 6) is 0.225. The molecule has 1 amide bonds.